The Balaban J connectivity index is 2.07. The minimum Gasteiger partial charge on any atom is -0.479 e. The first-order valence-electron chi connectivity index (χ1n) is 5.14. The third-order valence-electron chi connectivity index (χ3n) is 2.43. The summed E-state index contributed by atoms with van der Waals surface area (Å²) in [5, 5.41) is 8.81. The van der Waals surface area contributed by atoms with Crippen LogP contribution in [0.3, 0.4) is 0 Å². The van der Waals surface area contributed by atoms with Crippen LogP contribution in [-0.4, -0.2) is 52.7 Å². The molecular weight excluding hydrogens is 228 g/mol. The van der Waals surface area contributed by atoms with E-state index in [-0.39, 0.29) is 19.0 Å². The van der Waals surface area contributed by atoms with Gasteiger partial charge < -0.3 is 19.2 Å². The van der Waals surface area contributed by atoms with E-state index >= 15 is 0 Å². The van der Waals surface area contributed by atoms with Gasteiger partial charge in [0, 0.05) is 6.54 Å². The van der Waals surface area contributed by atoms with Crippen LogP contribution in [0, 0.1) is 6.92 Å². The molecule has 0 bridgehead atoms. The number of nitrogens with zero attached hydrogens (tertiary/aromatic N) is 2. The molecule has 1 unspecified atom stereocenters. The van der Waals surface area contributed by atoms with Crippen LogP contribution in [-0.2, 0) is 9.53 Å². The lowest BCUT2D eigenvalue weighted by Crippen LogP contribution is -2.48. The van der Waals surface area contributed by atoms with Crippen LogP contribution >= 0.6 is 0 Å². The highest BCUT2D eigenvalue weighted by Crippen LogP contribution is 2.11. The molecule has 0 spiro atoms. The number of amides is 1. The average Bonchev–Trinajstić information content (AvgIpc) is 2.75. The number of morpholine rings is 1. The van der Waals surface area contributed by atoms with Crippen LogP contribution in [0.5, 0.6) is 0 Å². The Kier molecular flexibility index (Phi) is 3.10. The number of aryl methyl sites for hydroxylation is 1. The van der Waals surface area contributed by atoms with Gasteiger partial charge in [-0.1, -0.05) is 0 Å². The quantitative estimate of drug-likeness (QED) is 0.776. The van der Waals surface area contributed by atoms with Crippen molar-refractivity contribution < 1.29 is 23.8 Å². The first-order chi connectivity index (χ1) is 8.08. The van der Waals surface area contributed by atoms with Gasteiger partial charge in [0.25, 0.3) is 5.89 Å². The van der Waals surface area contributed by atoms with Crippen molar-refractivity contribution in [3.8, 4) is 0 Å². The van der Waals surface area contributed by atoms with Crippen LogP contribution in [0.4, 0.5) is 0 Å². The van der Waals surface area contributed by atoms with Crippen molar-refractivity contribution in [3.63, 3.8) is 0 Å². The van der Waals surface area contributed by atoms with Crippen molar-refractivity contribution in [1.29, 1.82) is 0 Å². The highest BCUT2D eigenvalue weighted by atomic mass is 16.5. The standard InChI is InChI=1S/C10H12N2O5/c1-6-4-11-8(17-6)9(13)12-2-3-16-7(5-12)10(14)15/h4,7H,2-3,5H2,1H3,(H,14,15). The zero-order valence-corrected chi connectivity index (χ0v) is 9.25. The van der Waals surface area contributed by atoms with Crippen molar-refractivity contribution in [2.45, 2.75) is 13.0 Å². The molecule has 0 aromatic carbocycles. The SMILES string of the molecule is Cc1cnc(C(=O)N2CCOC(C(=O)O)C2)o1. The maximum atomic E-state index is 11.9. The summed E-state index contributed by atoms with van der Waals surface area (Å²) in [7, 11) is 0. The van der Waals surface area contributed by atoms with Crippen LogP contribution in [0.25, 0.3) is 0 Å². The molecule has 2 heterocycles. The molecule has 17 heavy (non-hydrogen) atoms. The molecular formula is C10H12N2O5. The Labute approximate surface area is 97.0 Å². The first kappa shape index (κ1) is 11.6. The Morgan fingerprint density at radius 3 is 2.94 bits per heavy atom. The zero-order valence-electron chi connectivity index (χ0n) is 9.25. The van der Waals surface area contributed by atoms with Crippen molar-refractivity contribution >= 4 is 11.9 Å². The maximum Gasteiger partial charge on any atom is 0.334 e. The molecule has 92 valence electrons. The average molecular weight is 240 g/mol. The highest BCUT2D eigenvalue weighted by Gasteiger charge is 2.31. The predicted octanol–water partition coefficient (Wildman–Crippen LogP) is -0.0914. The summed E-state index contributed by atoms with van der Waals surface area (Å²) < 4.78 is 10.1. The van der Waals surface area contributed by atoms with E-state index in [0.29, 0.717) is 12.3 Å². The topological polar surface area (TPSA) is 92.9 Å². The van der Waals surface area contributed by atoms with E-state index in [1.807, 2.05) is 0 Å². The summed E-state index contributed by atoms with van der Waals surface area (Å²) in [6, 6.07) is 0. The van der Waals surface area contributed by atoms with Gasteiger partial charge in [0.05, 0.1) is 19.3 Å². The summed E-state index contributed by atoms with van der Waals surface area (Å²) in [5.74, 6) is -0.969. The molecule has 0 radical (unpaired) electrons. The van der Waals surface area contributed by atoms with Gasteiger partial charge in [-0.25, -0.2) is 9.78 Å². The minimum absolute atomic E-state index is 0.00952. The second-order valence-corrected chi connectivity index (χ2v) is 3.72. The molecule has 1 amide bonds. The second-order valence-electron chi connectivity index (χ2n) is 3.72. The van der Waals surface area contributed by atoms with E-state index < -0.39 is 18.0 Å². The lowest BCUT2D eigenvalue weighted by molar-refractivity contribution is -0.154. The minimum atomic E-state index is -1.08. The van der Waals surface area contributed by atoms with Gasteiger partial charge in [0.15, 0.2) is 6.10 Å². The summed E-state index contributed by atoms with van der Waals surface area (Å²) in [5.41, 5.74) is 0. The molecule has 1 aromatic rings. The summed E-state index contributed by atoms with van der Waals surface area (Å²) in [6.45, 7) is 2.23. The van der Waals surface area contributed by atoms with Crippen molar-refractivity contribution in [3.05, 3.63) is 17.8 Å². The van der Waals surface area contributed by atoms with E-state index in [1.165, 1.54) is 11.1 Å². The van der Waals surface area contributed by atoms with Crippen LogP contribution in [0.1, 0.15) is 16.4 Å². The zero-order chi connectivity index (χ0) is 12.4. The van der Waals surface area contributed by atoms with Gasteiger partial charge in [0.2, 0.25) is 0 Å². The Hall–Kier alpha value is -1.89. The van der Waals surface area contributed by atoms with Crippen molar-refractivity contribution in [2.75, 3.05) is 19.7 Å². The fourth-order valence-electron chi connectivity index (χ4n) is 1.57. The molecule has 1 aliphatic rings. The number of oxazole rings is 1. The third kappa shape index (κ3) is 2.44. The van der Waals surface area contributed by atoms with Gasteiger partial charge >= 0.3 is 11.9 Å². The number of ether oxygens (including phenoxy) is 1. The Bertz CT molecular complexity index is 442. The number of rotatable bonds is 2. The molecule has 1 fully saturated rings. The molecule has 1 saturated heterocycles. The van der Waals surface area contributed by atoms with Gasteiger partial charge in [-0.15, -0.1) is 0 Å². The molecule has 1 aliphatic heterocycles. The van der Waals surface area contributed by atoms with E-state index in [9.17, 15) is 9.59 Å². The fourth-order valence-corrected chi connectivity index (χ4v) is 1.57. The number of aromatic nitrogens is 1. The summed E-state index contributed by atoms with van der Waals surface area (Å²) >= 11 is 0. The van der Waals surface area contributed by atoms with Crippen LogP contribution in [0.2, 0.25) is 0 Å². The number of hydrogen-bond donors (Lipinski definition) is 1. The molecule has 2 rings (SSSR count). The summed E-state index contributed by atoms with van der Waals surface area (Å²) in [6.07, 6.45) is 0.464. The van der Waals surface area contributed by atoms with E-state index in [1.54, 1.807) is 6.92 Å². The smallest absolute Gasteiger partial charge is 0.334 e. The van der Waals surface area contributed by atoms with Gasteiger partial charge in [0.1, 0.15) is 5.76 Å². The number of carbonyl (C=O) groups excluding carboxylic acids is 1. The lowest BCUT2D eigenvalue weighted by atomic mass is 10.2. The number of carboxylic acid groups (broad SMARTS) is 1. The van der Waals surface area contributed by atoms with E-state index in [4.69, 9.17) is 14.3 Å². The Morgan fingerprint density at radius 1 is 1.59 bits per heavy atom. The predicted molar refractivity (Wildman–Crippen MR) is 54.5 cm³/mol. The molecule has 1 atom stereocenters. The van der Waals surface area contributed by atoms with Gasteiger partial charge in [-0.05, 0) is 6.92 Å². The molecule has 0 saturated carbocycles. The maximum absolute atomic E-state index is 11.9. The van der Waals surface area contributed by atoms with Gasteiger partial charge in [-0.3, -0.25) is 4.79 Å². The third-order valence-corrected chi connectivity index (χ3v) is 2.43. The molecule has 7 heteroatoms. The molecule has 0 aliphatic carbocycles. The fraction of sp³-hybridized carbons (Fsp3) is 0.500. The monoisotopic (exact) mass is 240 g/mol. The highest BCUT2D eigenvalue weighted by molar-refractivity contribution is 5.90. The normalized spacial score (nSPS) is 20.3. The van der Waals surface area contributed by atoms with Crippen LogP contribution in [0.15, 0.2) is 10.6 Å². The Morgan fingerprint density at radius 2 is 2.35 bits per heavy atom. The largest absolute Gasteiger partial charge is 0.479 e. The summed E-state index contributed by atoms with van der Waals surface area (Å²) in [4.78, 5) is 27.8. The number of hydrogen-bond acceptors (Lipinski definition) is 5. The molecule has 7 nitrogen and oxygen atoms in total. The number of carboxylic acids is 1. The lowest BCUT2D eigenvalue weighted by Gasteiger charge is -2.29. The van der Waals surface area contributed by atoms with E-state index in [2.05, 4.69) is 4.98 Å². The van der Waals surface area contributed by atoms with Gasteiger partial charge in [-0.2, -0.15) is 0 Å². The number of aliphatic carboxylic acids is 1. The first-order valence-corrected chi connectivity index (χ1v) is 5.14. The van der Waals surface area contributed by atoms with Crippen LogP contribution < -0.4 is 0 Å². The molecule has 1 N–H and O–H groups in total. The number of carbonyl (C=O) groups is 2. The van der Waals surface area contributed by atoms with Crippen molar-refractivity contribution in [1.82, 2.24) is 9.88 Å². The van der Waals surface area contributed by atoms with E-state index in [0.717, 1.165) is 0 Å². The molecule has 1 aromatic heterocycles. The van der Waals surface area contributed by atoms with Crippen molar-refractivity contribution in [2.24, 2.45) is 0 Å². The second kappa shape index (κ2) is 4.54.